The second-order valence-electron chi connectivity index (χ2n) is 9.74. The standard InChI is InChI=1S/C16H16N2O3.C13H15N3O3.C2HF3O2/c17-10-12-5-4-8-14(9-12)18(11-15(19)20)16(21)13-6-2-1-3-7-13;1-8(17)15-7-12(18)16-5-4-9-2-3-10(13(14)19)6-11(9)16;3-2(4,5)1(6)7/h1-9H,10-11,17H2,(H,19,20);2-3,6H,4-5,7H2,1H3,(H2,14,19)(H,15,17);(H,6,7). The van der Waals surface area contributed by atoms with E-state index in [2.05, 4.69) is 5.32 Å². The minimum absolute atomic E-state index is 0.0461. The molecule has 7 N–H and O–H groups in total. The van der Waals surface area contributed by atoms with E-state index in [0.29, 0.717) is 35.6 Å². The van der Waals surface area contributed by atoms with Crippen molar-refractivity contribution >= 4 is 46.9 Å². The number of anilines is 2. The number of fused-ring (bicyclic) bond motifs is 1. The molecule has 0 unspecified atom stereocenters. The Morgan fingerprint density at radius 1 is 0.915 bits per heavy atom. The van der Waals surface area contributed by atoms with Crippen LogP contribution >= 0.6 is 0 Å². The number of benzene rings is 3. The van der Waals surface area contributed by atoms with E-state index in [1.54, 1.807) is 71.6 Å². The lowest BCUT2D eigenvalue weighted by Gasteiger charge is -2.21. The molecule has 0 saturated carbocycles. The molecule has 0 fully saturated rings. The maximum atomic E-state index is 12.5. The summed E-state index contributed by atoms with van der Waals surface area (Å²) >= 11 is 0. The molecule has 0 spiro atoms. The van der Waals surface area contributed by atoms with Gasteiger partial charge in [0.05, 0.1) is 6.54 Å². The number of carboxylic acids is 2. The van der Waals surface area contributed by atoms with E-state index in [0.717, 1.165) is 17.5 Å². The number of nitrogens with two attached hydrogens (primary N) is 2. The Balaban J connectivity index is 0.000000274. The molecule has 0 aliphatic carbocycles. The summed E-state index contributed by atoms with van der Waals surface area (Å²) in [5, 5.41) is 18.6. The Bertz CT molecular complexity index is 1620. The molecule has 16 heteroatoms. The van der Waals surface area contributed by atoms with Gasteiger partial charge >= 0.3 is 18.1 Å². The molecule has 4 rings (SSSR count). The van der Waals surface area contributed by atoms with Crippen molar-refractivity contribution in [2.75, 3.05) is 29.4 Å². The first kappa shape index (κ1) is 37.4. The fourth-order valence-electron chi connectivity index (χ4n) is 4.09. The van der Waals surface area contributed by atoms with Crippen LogP contribution in [-0.2, 0) is 32.1 Å². The first-order valence-electron chi connectivity index (χ1n) is 13.7. The van der Waals surface area contributed by atoms with Crippen LogP contribution in [0, 0.1) is 0 Å². The van der Waals surface area contributed by atoms with Gasteiger partial charge in [-0.05, 0) is 53.9 Å². The number of hydrogen-bond acceptors (Lipinski definition) is 7. The lowest BCUT2D eigenvalue weighted by atomic mass is 10.1. The topological polar surface area (TPSA) is 213 Å². The van der Waals surface area contributed by atoms with Gasteiger partial charge in [0.1, 0.15) is 6.54 Å². The third kappa shape index (κ3) is 11.6. The number of rotatable bonds is 8. The first-order chi connectivity index (χ1) is 22.0. The third-order valence-electron chi connectivity index (χ3n) is 6.31. The zero-order chi connectivity index (χ0) is 35.3. The van der Waals surface area contributed by atoms with Crippen molar-refractivity contribution in [2.24, 2.45) is 11.5 Å². The van der Waals surface area contributed by atoms with Crippen LogP contribution in [0.4, 0.5) is 24.5 Å². The van der Waals surface area contributed by atoms with E-state index in [4.69, 9.17) is 26.5 Å². The molecule has 0 bridgehead atoms. The van der Waals surface area contributed by atoms with Crippen LogP contribution in [0.25, 0.3) is 0 Å². The normalized spacial score (nSPS) is 11.5. The van der Waals surface area contributed by atoms with Crippen LogP contribution in [0.2, 0.25) is 0 Å². The molecule has 250 valence electrons. The largest absolute Gasteiger partial charge is 0.490 e. The number of primary amides is 1. The van der Waals surface area contributed by atoms with Gasteiger partial charge < -0.3 is 31.9 Å². The van der Waals surface area contributed by atoms with Gasteiger partial charge in [0.25, 0.3) is 5.91 Å². The number of aliphatic carboxylic acids is 2. The van der Waals surface area contributed by atoms with Crippen molar-refractivity contribution in [3.63, 3.8) is 0 Å². The number of nitrogens with zero attached hydrogens (tertiary/aromatic N) is 2. The van der Waals surface area contributed by atoms with Crippen LogP contribution < -0.4 is 26.6 Å². The van der Waals surface area contributed by atoms with Gasteiger partial charge in [0, 0.05) is 42.5 Å². The highest BCUT2D eigenvalue weighted by Crippen LogP contribution is 2.29. The van der Waals surface area contributed by atoms with Crippen molar-refractivity contribution in [2.45, 2.75) is 26.1 Å². The Hall–Kier alpha value is -5.77. The number of carboxylic acid groups (broad SMARTS) is 2. The van der Waals surface area contributed by atoms with Crippen molar-refractivity contribution in [1.29, 1.82) is 0 Å². The van der Waals surface area contributed by atoms with Gasteiger partial charge in [-0.3, -0.25) is 28.9 Å². The maximum Gasteiger partial charge on any atom is 0.490 e. The highest BCUT2D eigenvalue weighted by atomic mass is 19.4. The number of hydrogen-bond donors (Lipinski definition) is 5. The zero-order valence-electron chi connectivity index (χ0n) is 25.0. The molecule has 0 atom stereocenters. The summed E-state index contributed by atoms with van der Waals surface area (Å²) in [5.41, 5.74) is 14.7. The molecule has 0 aromatic heterocycles. The Kier molecular flexibility index (Phi) is 13.6. The summed E-state index contributed by atoms with van der Waals surface area (Å²) in [6.45, 7) is 1.79. The lowest BCUT2D eigenvalue weighted by molar-refractivity contribution is -0.192. The summed E-state index contributed by atoms with van der Waals surface area (Å²) in [4.78, 5) is 69.2. The summed E-state index contributed by atoms with van der Waals surface area (Å²) in [5.74, 6) is -5.16. The second-order valence-corrected chi connectivity index (χ2v) is 9.74. The van der Waals surface area contributed by atoms with Gasteiger partial charge in [0.2, 0.25) is 17.7 Å². The number of alkyl halides is 3. The van der Waals surface area contributed by atoms with E-state index >= 15 is 0 Å². The monoisotopic (exact) mass is 659 g/mol. The predicted molar refractivity (Wildman–Crippen MR) is 163 cm³/mol. The summed E-state index contributed by atoms with van der Waals surface area (Å²) in [6, 6.07) is 20.7. The average Bonchev–Trinajstić information content (AvgIpc) is 3.46. The molecule has 3 aromatic carbocycles. The molecule has 1 aliphatic rings. The molecular formula is C31H32F3N5O8. The molecule has 0 radical (unpaired) electrons. The molecule has 4 amide bonds. The van der Waals surface area contributed by atoms with Crippen LogP contribution in [0.3, 0.4) is 0 Å². The highest BCUT2D eigenvalue weighted by Gasteiger charge is 2.38. The number of carbonyl (C=O) groups is 6. The molecule has 0 saturated heterocycles. The van der Waals surface area contributed by atoms with E-state index in [1.807, 2.05) is 6.07 Å². The zero-order valence-corrected chi connectivity index (χ0v) is 25.0. The Morgan fingerprint density at radius 2 is 1.55 bits per heavy atom. The summed E-state index contributed by atoms with van der Waals surface area (Å²) in [6.07, 6.45) is -4.35. The van der Waals surface area contributed by atoms with Gasteiger partial charge in [-0.25, -0.2) is 4.79 Å². The summed E-state index contributed by atoms with van der Waals surface area (Å²) in [7, 11) is 0. The van der Waals surface area contributed by atoms with Gasteiger partial charge in [0.15, 0.2) is 0 Å². The molecule has 1 heterocycles. The van der Waals surface area contributed by atoms with E-state index in [-0.39, 0.29) is 24.3 Å². The maximum absolute atomic E-state index is 12.5. The SMILES string of the molecule is CC(=O)NCC(=O)N1CCc2ccc(C(N)=O)cc21.NCc1cccc(N(CC(=O)O)C(=O)c2ccccc2)c1.O=C(O)C(F)(F)F. The minimum atomic E-state index is -5.08. The molecule has 1 aliphatic heterocycles. The van der Waals surface area contributed by atoms with Crippen LogP contribution in [0.1, 0.15) is 38.8 Å². The number of halogens is 3. The number of amides is 4. The van der Waals surface area contributed by atoms with Crippen LogP contribution in [0.15, 0.2) is 72.8 Å². The van der Waals surface area contributed by atoms with Gasteiger partial charge in [-0.2, -0.15) is 13.2 Å². The second kappa shape index (κ2) is 17.1. The molecular weight excluding hydrogens is 627 g/mol. The molecule has 47 heavy (non-hydrogen) atoms. The fourth-order valence-corrected chi connectivity index (χ4v) is 4.09. The average molecular weight is 660 g/mol. The van der Waals surface area contributed by atoms with Crippen molar-refractivity contribution in [3.05, 3.63) is 95.1 Å². The Labute approximate surface area is 266 Å². The minimum Gasteiger partial charge on any atom is -0.480 e. The van der Waals surface area contributed by atoms with E-state index < -0.39 is 30.6 Å². The highest BCUT2D eigenvalue weighted by molar-refractivity contribution is 6.08. The quantitative estimate of drug-likeness (QED) is 0.240. The van der Waals surface area contributed by atoms with Crippen LogP contribution in [0.5, 0.6) is 0 Å². The first-order valence-corrected chi connectivity index (χ1v) is 13.7. The van der Waals surface area contributed by atoms with E-state index in [1.165, 1.54) is 11.8 Å². The molecule has 13 nitrogen and oxygen atoms in total. The lowest BCUT2D eigenvalue weighted by Crippen LogP contribution is -2.38. The third-order valence-corrected chi connectivity index (χ3v) is 6.31. The van der Waals surface area contributed by atoms with Gasteiger partial charge in [-0.1, -0.05) is 36.4 Å². The van der Waals surface area contributed by atoms with Crippen molar-refractivity contribution in [1.82, 2.24) is 5.32 Å². The van der Waals surface area contributed by atoms with Crippen molar-refractivity contribution < 1.29 is 52.2 Å². The van der Waals surface area contributed by atoms with Crippen LogP contribution in [-0.4, -0.2) is 71.6 Å². The molecule has 3 aromatic rings. The summed E-state index contributed by atoms with van der Waals surface area (Å²) < 4.78 is 31.7. The smallest absolute Gasteiger partial charge is 0.480 e. The predicted octanol–water partition coefficient (Wildman–Crippen LogP) is 2.32. The van der Waals surface area contributed by atoms with Gasteiger partial charge in [-0.15, -0.1) is 0 Å². The fraction of sp³-hybridized carbons (Fsp3) is 0.226. The van der Waals surface area contributed by atoms with Crippen molar-refractivity contribution in [3.8, 4) is 0 Å². The number of carbonyl (C=O) groups excluding carboxylic acids is 4. The number of nitrogens with one attached hydrogen (secondary N) is 1. The van der Waals surface area contributed by atoms with E-state index in [9.17, 15) is 37.1 Å². The Morgan fingerprint density at radius 3 is 2.09 bits per heavy atom.